The van der Waals surface area contributed by atoms with Crippen LogP contribution in [0.3, 0.4) is 0 Å². The summed E-state index contributed by atoms with van der Waals surface area (Å²) in [5.41, 5.74) is 3.08. The summed E-state index contributed by atoms with van der Waals surface area (Å²) >= 11 is 0. The van der Waals surface area contributed by atoms with Gasteiger partial charge in [0.15, 0.2) is 0 Å². The Balaban J connectivity index is 1.69. The van der Waals surface area contributed by atoms with Crippen LogP contribution in [0.1, 0.15) is 45.2 Å². The quantitative estimate of drug-likeness (QED) is 0.372. The minimum absolute atomic E-state index is 0.00667. The number of rotatable bonds is 10. The van der Waals surface area contributed by atoms with Gasteiger partial charge in [0.25, 0.3) is 5.56 Å². The van der Waals surface area contributed by atoms with Gasteiger partial charge in [0.2, 0.25) is 0 Å². The number of aromatic nitrogens is 3. The zero-order valence-corrected chi connectivity index (χ0v) is 22.9. The summed E-state index contributed by atoms with van der Waals surface area (Å²) in [5.74, 6) is 0.207. The summed E-state index contributed by atoms with van der Waals surface area (Å²) in [6.45, 7) is 8.82. The predicted octanol–water partition coefficient (Wildman–Crippen LogP) is 3.86. The molecule has 9 nitrogen and oxygen atoms in total. The number of methoxy groups -OCH3 is 1. The number of benzene rings is 1. The predicted molar refractivity (Wildman–Crippen MR) is 145 cm³/mol. The number of ether oxygens (including phenoxy) is 2. The van der Waals surface area contributed by atoms with Crippen LogP contribution in [0.25, 0.3) is 11.0 Å². The maximum atomic E-state index is 14.1. The average Bonchev–Trinajstić information content (AvgIpc) is 3.34. The second-order valence-electron chi connectivity index (χ2n) is 9.82. The van der Waals surface area contributed by atoms with E-state index in [1.165, 1.54) is 12.1 Å². The third-order valence-electron chi connectivity index (χ3n) is 7.63. The van der Waals surface area contributed by atoms with E-state index in [9.17, 15) is 14.4 Å². The summed E-state index contributed by atoms with van der Waals surface area (Å²) < 4.78 is 28.3. The minimum atomic E-state index is -0.331. The molecule has 0 saturated carbocycles. The lowest BCUT2D eigenvalue weighted by molar-refractivity contribution is 0.0975. The summed E-state index contributed by atoms with van der Waals surface area (Å²) in [4.78, 5) is 17.7. The number of hydrogen-bond acceptors (Lipinski definition) is 7. The highest BCUT2D eigenvalue weighted by Crippen LogP contribution is 2.37. The molecule has 0 bridgehead atoms. The van der Waals surface area contributed by atoms with Crippen LogP contribution in [0.2, 0.25) is 0 Å². The molecule has 0 radical (unpaired) electrons. The maximum absolute atomic E-state index is 14.1. The summed E-state index contributed by atoms with van der Waals surface area (Å²) in [5, 5.41) is 13.8. The van der Waals surface area contributed by atoms with Crippen LogP contribution in [0, 0.1) is 17.1 Å². The van der Waals surface area contributed by atoms with Crippen molar-refractivity contribution in [1.29, 1.82) is 5.26 Å². The Labute approximate surface area is 223 Å². The molecule has 2 aromatic heterocycles. The Morgan fingerprint density at radius 2 is 1.95 bits per heavy atom. The van der Waals surface area contributed by atoms with Crippen LogP contribution < -0.4 is 15.2 Å². The zero-order valence-electron chi connectivity index (χ0n) is 22.9. The van der Waals surface area contributed by atoms with Crippen LogP contribution in [0.4, 0.5) is 10.1 Å². The SMILES string of the molecule is CC[C@H]1CN(C(C)c2ccc(F)cc2OCCOC)[C@H](CC)CN1c1cc(=O)n(C)c2cn(CC#N)nc12. The lowest BCUT2D eigenvalue weighted by Crippen LogP contribution is -2.58. The van der Waals surface area contributed by atoms with Crippen LogP contribution >= 0.6 is 0 Å². The van der Waals surface area contributed by atoms with E-state index in [0.29, 0.717) is 31.0 Å². The molecular formula is C28H37FN6O3. The third kappa shape index (κ3) is 5.40. The van der Waals surface area contributed by atoms with Gasteiger partial charge in [0.05, 0.1) is 30.1 Å². The topological polar surface area (TPSA) is 88.5 Å². The molecule has 204 valence electrons. The van der Waals surface area contributed by atoms with Crippen molar-refractivity contribution in [2.75, 3.05) is 38.3 Å². The second-order valence-corrected chi connectivity index (χ2v) is 9.82. The highest BCUT2D eigenvalue weighted by molar-refractivity contribution is 5.88. The minimum Gasteiger partial charge on any atom is -0.491 e. The molecule has 38 heavy (non-hydrogen) atoms. The van der Waals surface area contributed by atoms with E-state index in [4.69, 9.17) is 9.47 Å². The van der Waals surface area contributed by atoms with Crippen LogP contribution in [-0.4, -0.2) is 64.7 Å². The summed E-state index contributed by atoms with van der Waals surface area (Å²) in [6.07, 6.45) is 3.53. The molecule has 1 fully saturated rings. The Morgan fingerprint density at radius 1 is 1.18 bits per heavy atom. The van der Waals surface area contributed by atoms with E-state index in [1.54, 1.807) is 35.7 Å². The van der Waals surface area contributed by atoms with Gasteiger partial charge >= 0.3 is 0 Å². The normalized spacial score (nSPS) is 19.0. The van der Waals surface area contributed by atoms with Gasteiger partial charge in [-0.3, -0.25) is 14.4 Å². The van der Waals surface area contributed by atoms with Crippen molar-refractivity contribution in [2.24, 2.45) is 7.05 Å². The van der Waals surface area contributed by atoms with Crippen molar-refractivity contribution >= 4 is 16.7 Å². The van der Waals surface area contributed by atoms with E-state index in [2.05, 4.69) is 41.7 Å². The van der Waals surface area contributed by atoms with Gasteiger partial charge in [-0.1, -0.05) is 19.9 Å². The lowest BCUT2D eigenvalue weighted by atomic mass is 9.96. The van der Waals surface area contributed by atoms with E-state index in [-0.39, 0.29) is 36.0 Å². The molecule has 0 aliphatic carbocycles. The third-order valence-corrected chi connectivity index (χ3v) is 7.63. The fraction of sp³-hybridized carbons (Fsp3) is 0.536. The lowest BCUT2D eigenvalue weighted by Gasteiger charge is -2.49. The van der Waals surface area contributed by atoms with Crippen LogP contribution in [-0.2, 0) is 18.3 Å². The molecule has 1 aromatic carbocycles. The summed E-state index contributed by atoms with van der Waals surface area (Å²) in [7, 11) is 3.34. The fourth-order valence-corrected chi connectivity index (χ4v) is 5.46. The fourth-order valence-electron chi connectivity index (χ4n) is 5.46. The maximum Gasteiger partial charge on any atom is 0.252 e. The van der Waals surface area contributed by atoms with Crippen LogP contribution in [0.5, 0.6) is 5.75 Å². The Morgan fingerprint density at radius 3 is 2.63 bits per heavy atom. The first kappa shape index (κ1) is 27.6. The second kappa shape index (κ2) is 12.0. The zero-order chi connectivity index (χ0) is 27.4. The molecule has 0 spiro atoms. The van der Waals surface area contributed by atoms with Gasteiger partial charge in [0, 0.05) is 63.1 Å². The molecule has 1 aliphatic heterocycles. The highest BCUT2D eigenvalue weighted by Gasteiger charge is 2.37. The number of hydrogen-bond donors (Lipinski definition) is 0. The van der Waals surface area contributed by atoms with E-state index >= 15 is 0 Å². The van der Waals surface area contributed by atoms with Crippen molar-refractivity contribution in [1.82, 2.24) is 19.2 Å². The highest BCUT2D eigenvalue weighted by atomic mass is 19.1. The molecule has 0 N–H and O–H groups in total. The van der Waals surface area contributed by atoms with Crippen molar-refractivity contribution in [3.63, 3.8) is 0 Å². The largest absolute Gasteiger partial charge is 0.491 e. The van der Waals surface area contributed by atoms with Crippen molar-refractivity contribution in [2.45, 2.75) is 58.3 Å². The van der Waals surface area contributed by atoms with Gasteiger partial charge in [0.1, 0.15) is 30.2 Å². The molecule has 3 heterocycles. The van der Waals surface area contributed by atoms with E-state index in [1.807, 2.05) is 6.07 Å². The van der Waals surface area contributed by atoms with Gasteiger partial charge < -0.3 is 18.9 Å². The first-order valence-corrected chi connectivity index (χ1v) is 13.2. The first-order valence-electron chi connectivity index (χ1n) is 13.2. The number of pyridine rings is 1. The van der Waals surface area contributed by atoms with Crippen LogP contribution in [0.15, 0.2) is 35.3 Å². The monoisotopic (exact) mass is 524 g/mol. The van der Waals surface area contributed by atoms with Crippen molar-refractivity contribution < 1.29 is 13.9 Å². The smallest absolute Gasteiger partial charge is 0.252 e. The van der Waals surface area contributed by atoms with E-state index < -0.39 is 0 Å². The molecule has 10 heteroatoms. The molecule has 3 atom stereocenters. The number of nitriles is 1. The number of aryl methyl sites for hydroxylation is 1. The van der Waals surface area contributed by atoms with Crippen molar-refractivity contribution in [3.8, 4) is 11.8 Å². The Kier molecular flexibility index (Phi) is 8.69. The van der Waals surface area contributed by atoms with E-state index in [0.717, 1.165) is 36.2 Å². The number of fused-ring (bicyclic) bond motifs is 1. The number of piperazine rings is 1. The van der Waals surface area contributed by atoms with Gasteiger partial charge in [-0.15, -0.1) is 0 Å². The number of nitrogens with zero attached hydrogens (tertiary/aromatic N) is 6. The molecule has 1 aliphatic rings. The Hall–Kier alpha value is -3.42. The van der Waals surface area contributed by atoms with Gasteiger partial charge in [-0.25, -0.2) is 4.39 Å². The number of halogens is 1. The number of anilines is 1. The molecule has 4 rings (SSSR count). The molecule has 0 amide bonds. The standard InChI is InChI=1S/C28H37FN6O3/c1-6-21-17-35(24-15-27(36)32(4)25-18-33(11-10-30)31-28(24)25)22(7-2)16-34(21)19(3)23-9-8-20(29)14-26(23)38-13-12-37-5/h8-9,14-15,18-19,21-22H,6-7,11-13,16-17H2,1-5H3/t19?,21-,22+/m1/s1. The van der Waals surface area contributed by atoms with Gasteiger partial charge in [-0.05, 0) is 25.8 Å². The molecule has 1 unspecified atom stereocenters. The Bertz CT molecular complexity index is 1360. The summed E-state index contributed by atoms with van der Waals surface area (Å²) in [6, 6.07) is 8.85. The molecule has 3 aromatic rings. The molecule has 1 saturated heterocycles. The molecular weight excluding hydrogens is 487 g/mol. The van der Waals surface area contributed by atoms with Crippen molar-refractivity contribution in [3.05, 3.63) is 52.2 Å². The first-order chi connectivity index (χ1) is 18.3. The van der Waals surface area contributed by atoms with Gasteiger partial charge in [-0.2, -0.15) is 10.4 Å². The average molecular weight is 525 g/mol.